The molecule has 7 nitrogen and oxygen atoms in total. The maximum absolute atomic E-state index is 16.5. The fraction of sp³-hybridized carbons (Fsp3) is 0.419. The van der Waals surface area contributed by atoms with Crippen LogP contribution in [0.25, 0.3) is 32.8 Å². The smallest absolute Gasteiger partial charge is 0.319 e. The van der Waals surface area contributed by atoms with Crippen molar-refractivity contribution in [2.24, 2.45) is 0 Å². The van der Waals surface area contributed by atoms with E-state index in [0.717, 1.165) is 49.7 Å². The van der Waals surface area contributed by atoms with Crippen LogP contribution >= 0.6 is 0 Å². The molecule has 0 saturated carbocycles. The minimum absolute atomic E-state index is 0.0734. The molecule has 0 radical (unpaired) electrons. The van der Waals surface area contributed by atoms with Gasteiger partial charge in [0.15, 0.2) is 5.82 Å². The number of fused-ring (bicyclic) bond motifs is 5. The number of anilines is 1. The van der Waals surface area contributed by atoms with Gasteiger partial charge in [0.1, 0.15) is 29.9 Å². The summed E-state index contributed by atoms with van der Waals surface area (Å²) in [5.41, 5.74) is 0.797. The van der Waals surface area contributed by atoms with E-state index in [1.54, 1.807) is 18.2 Å². The Kier molecular flexibility index (Phi) is 5.44. The molecular weight excluding hydrogens is 512 g/mol. The molecule has 1 aromatic heterocycles. The van der Waals surface area contributed by atoms with Gasteiger partial charge in [-0.3, -0.25) is 4.90 Å². The monoisotopic (exact) mass is 543 g/mol. The molecule has 4 aliphatic rings. The van der Waals surface area contributed by atoms with Crippen LogP contribution in [0.4, 0.5) is 14.6 Å². The molecule has 8 rings (SSSR count). The third-order valence-electron chi connectivity index (χ3n) is 9.46. The summed E-state index contributed by atoms with van der Waals surface area (Å²) in [7, 11) is 0. The highest BCUT2D eigenvalue weighted by molar-refractivity contribution is 6.01. The van der Waals surface area contributed by atoms with Crippen molar-refractivity contribution in [3.8, 4) is 22.9 Å². The number of benzene rings is 3. The average Bonchev–Trinajstić information content (AvgIpc) is 3.73. The molecule has 3 aromatic carbocycles. The molecule has 0 aliphatic carbocycles. The summed E-state index contributed by atoms with van der Waals surface area (Å²) in [4.78, 5) is 13.9. The number of nitrogens with one attached hydrogen (secondary N) is 1. The van der Waals surface area contributed by atoms with Crippen LogP contribution in [0.2, 0.25) is 0 Å². The van der Waals surface area contributed by atoms with Gasteiger partial charge >= 0.3 is 6.01 Å². The van der Waals surface area contributed by atoms with Crippen LogP contribution < -0.4 is 15.0 Å². The summed E-state index contributed by atoms with van der Waals surface area (Å²) in [6.07, 6.45) is 2.49. The number of aromatic nitrogens is 2. The third kappa shape index (κ3) is 3.74. The van der Waals surface area contributed by atoms with Gasteiger partial charge in [0.2, 0.25) is 0 Å². The van der Waals surface area contributed by atoms with Crippen molar-refractivity contribution in [2.45, 2.75) is 49.5 Å². The van der Waals surface area contributed by atoms with Crippen LogP contribution in [0.15, 0.2) is 48.5 Å². The normalized spacial score (nSPS) is 27.8. The molecule has 40 heavy (non-hydrogen) atoms. The predicted octanol–water partition coefficient (Wildman–Crippen LogP) is 4.80. The largest absolute Gasteiger partial charge is 0.508 e. The maximum Gasteiger partial charge on any atom is 0.319 e. The SMILES string of the molecule is Oc1cc(-c2ccc3c(N4C[C@@H]5C[C@H]4CN5)nc(OC[C@@]45CCCN4C[C@H](F)C5)nc3c2F)c2ccccc2c1. The lowest BCUT2D eigenvalue weighted by molar-refractivity contribution is 0.107. The second-order valence-corrected chi connectivity index (χ2v) is 11.9. The van der Waals surface area contributed by atoms with Gasteiger partial charge in [0.05, 0.1) is 5.54 Å². The predicted molar refractivity (Wildman–Crippen MR) is 150 cm³/mol. The van der Waals surface area contributed by atoms with Crippen LogP contribution in [0.1, 0.15) is 25.7 Å². The number of rotatable bonds is 5. The zero-order chi connectivity index (χ0) is 27.0. The van der Waals surface area contributed by atoms with Crippen LogP contribution in [0.3, 0.4) is 0 Å². The van der Waals surface area contributed by atoms with E-state index < -0.39 is 12.0 Å². The average molecular weight is 544 g/mol. The molecule has 9 heteroatoms. The van der Waals surface area contributed by atoms with Gasteiger partial charge in [-0.25, -0.2) is 8.78 Å². The Morgan fingerprint density at radius 3 is 2.83 bits per heavy atom. The van der Waals surface area contributed by atoms with Crippen molar-refractivity contribution in [1.29, 1.82) is 0 Å². The number of piperazine rings is 1. The van der Waals surface area contributed by atoms with Crippen LogP contribution in [0.5, 0.6) is 11.8 Å². The Bertz CT molecular complexity index is 1650. The Morgan fingerprint density at radius 1 is 1.07 bits per heavy atom. The van der Waals surface area contributed by atoms with E-state index in [9.17, 15) is 9.50 Å². The van der Waals surface area contributed by atoms with Gasteiger partial charge in [-0.05, 0) is 60.3 Å². The summed E-state index contributed by atoms with van der Waals surface area (Å²) in [6.45, 7) is 3.24. The number of aromatic hydroxyl groups is 1. The van der Waals surface area contributed by atoms with Gasteiger partial charge in [-0.1, -0.05) is 30.3 Å². The summed E-state index contributed by atoms with van der Waals surface area (Å²) in [6, 6.07) is 15.3. The first kappa shape index (κ1) is 24.3. The summed E-state index contributed by atoms with van der Waals surface area (Å²) in [5.74, 6) is 0.273. The van der Waals surface area contributed by atoms with E-state index in [1.165, 1.54) is 0 Å². The highest BCUT2D eigenvalue weighted by atomic mass is 19.1. The molecule has 2 N–H and O–H groups in total. The molecule has 0 unspecified atom stereocenters. The number of hydrogen-bond acceptors (Lipinski definition) is 7. The van der Waals surface area contributed by atoms with Crippen molar-refractivity contribution in [3.63, 3.8) is 0 Å². The Morgan fingerprint density at radius 2 is 1.98 bits per heavy atom. The van der Waals surface area contributed by atoms with Gasteiger partial charge in [-0.2, -0.15) is 9.97 Å². The Hall–Kier alpha value is -3.56. The van der Waals surface area contributed by atoms with Gasteiger partial charge < -0.3 is 20.1 Å². The lowest BCUT2D eigenvalue weighted by Gasteiger charge is -2.32. The zero-order valence-corrected chi connectivity index (χ0v) is 22.1. The summed E-state index contributed by atoms with van der Waals surface area (Å²) < 4.78 is 37.1. The van der Waals surface area contributed by atoms with Crippen molar-refractivity contribution in [1.82, 2.24) is 20.2 Å². The quantitative estimate of drug-likeness (QED) is 0.375. The topological polar surface area (TPSA) is 73.8 Å². The van der Waals surface area contributed by atoms with Gasteiger partial charge in [-0.15, -0.1) is 0 Å². The molecule has 0 spiro atoms. The first-order valence-corrected chi connectivity index (χ1v) is 14.2. The molecule has 4 aliphatic heterocycles. The number of nitrogens with zero attached hydrogens (tertiary/aromatic N) is 4. The highest BCUT2D eigenvalue weighted by Crippen LogP contribution is 2.42. The van der Waals surface area contributed by atoms with Crippen LogP contribution in [-0.4, -0.2) is 76.6 Å². The number of ether oxygens (including phenoxy) is 1. The maximum atomic E-state index is 16.5. The van der Waals surface area contributed by atoms with E-state index in [-0.39, 0.29) is 35.5 Å². The number of halogens is 2. The first-order valence-electron chi connectivity index (χ1n) is 14.2. The Labute approximate surface area is 230 Å². The fourth-order valence-electron chi connectivity index (χ4n) is 7.60. The van der Waals surface area contributed by atoms with Crippen molar-refractivity contribution in [3.05, 3.63) is 54.3 Å². The van der Waals surface area contributed by atoms with E-state index in [2.05, 4.69) is 20.1 Å². The molecule has 4 aromatic rings. The molecule has 5 heterocycles. The van der Waals surface area contributed by atoms with Gasteiger partial charge in [0.25, 0.3) is 0 Å². The number of hydrogen-bond donors (Lipinski definition) is 2. The minimum atomic E-state index is -0.859. The van der Waals surface area contributed by atoms with E-state index in [1.807, 2.05) is 30.3 Å². The first-order chi connectivity index (χ1) is 19.5. The van der Waals surface area contributed by atoms with Crippen LogP contribution in [-0.2, 0) is 0 Å². The second-order valence-electron chi connectivity index (χ2n) is 11.9. The molecule has 4 saturated heterocycles. The third-order valence-corrected chi connectivity index (χ3v) is 9.46. The van der Waals surface area contributed by atoms with Crippen molar-refractivity contribution >= 4 is 27.5 Å². The molecule has 4 atom stereocenters. The molecule has 206 valence electrons. The molecule has 4 fully saturated rings. The molecule has 2 bridgehead atoms. The lowest BCUT2D eigenvalue weighted by Crippen LogP contribution is -2.44. The Balaban J connectivity index is 1.25. The highest BCUT2D eigenvalue weighted by Gasteiger charge is 2.49. The van der Waals surface area contributed by atoms with Gasteiger partial charge in [0, 0.05) is 49.1 Å². The summed E-state index contributed by atoms with van der Waals surface area (Å²) in [5, 5.41) is 16.2. The standard InChI is InChI=1S/C31H31F2N5O2/c32-19-13-31(8-3-9-37(31)15-19)17-40-30-35-28-25(29(36-30)38-16-20-11-21(38)14-34-20)7-6-24(27(28)33)26-12-22(39)10-18-4-1-2-5-23(18)26/h1-2,4-7,10,12,19-21,34,39H,3,8-9,11,13-17H2/t19-,20+,21+,31+/m1/s1. The summed E-state index contributed by atoms with van der Waals surface area (Å²) >= 11 is 0. The van der Waals surface area contributed by atoms with Crippen molar-refractivity contribution < 1.29 is 18.6 Å². The molecular formula is C31H31F2N5O2. The second kappa shape index (κ2) is 8.97. The number of alkyl halides is 1. The van der Waals surface area contributed by atoms with Crippen LogP contribution in [0, 0.1) is 5.82 Å². The minimum Gasteiger partial charge on any atom is -0.508 e. The zero-order valence-electron chi connectivity index (χ0n) is 22.1. The number of phenolic OH excluding ortho intramolecular Hbond substituents is 1. The lowest BCUT2D eigenvalue weighted by atomic mass is 9.95. The van der Waals surface area contributed by atoms with E-state index >= 15 is 4.39 Å². The van der Waals surface area contributed by atoms with E-state index in [0.29, 0.717) is 41.3 Å². The van der Waals surface area contributed by atoms with E-state index in [4.69, 9.17) is 9.72 Å². The molecule has 0 amide bonds. The van der Waals surface area contributed by atoms with Crippen molar-refractivity contribution in [2.75, 3.05) is 37.7 Å². The fourth-order valence-corrected chi connectivity index (χ4v) is 7.60. The number of phenols is 1.